The number of benzene rings is 1. The van der Waals surface area contributed by atoms with Crippen LogP contribution in [0, 0.1) is 0 Å². The van der Waals surface area contributed by atoms with Crippen LogP contribution in [0.3, 0.4) is 0 Å². The summed E-state index contributed by atoms with van der Waals surface area (Å²) in [5.41, 5.74) is 13.1. The van der Waals surface area contributed by atoms with E-state index in [1.54, 1.807) is 10.9 Å². The second kappa shape index (κ2) is 5.32. The Morgan fingerprint density at radius 3 is 2.83 bits per heavy atom. The minimum Gasteiger partial charge on any atom is -0.366 e. The van der Waals surface area contributed by atoms with Crippen LogP contribution in [0.4, 0.5) is 0 Å². The lowest BCUT2D eigenvalue weighted by molar-refractivity contribution is 0.100. The summed E-state index contributed by atoms with van der Waals surface area (Å²) >= 11 is 3.42. The van der Waals surface area contributed by atoms with Crippen LogP contribution >= 0.6 is 15.9 Å². The van der Waals surface area contributed by atoms with Gasteiger partial charge in [0.1, 0.15) is 0 Å². The van der Waals surface area contributed by atoms with Crippen LogP contribution in [0.15, 0.2) is 35.1 Å². The van der Waals surface area contributed by atoms with Gasteiger partial charge in [0.05, 0.1) is 17.4 Å². The number of primary amides is 1. The molecule has 1 heterocycles. The topological polar surface area (TPSA) is 86.9 Å². The lowest BCUT2D eigenvalue weighted by Crippen LogP contribution is -2.10. The smallest absolute Gasteiger partial charge is 0.251 e. The zero-order valence-corrected chi connectivity index (χ0v) is 11.2. The molecule has 2 aromatic rings. The third kappa shape index (κ3) is 2.60. The zero-order chi connectivity index (χ0) is 13.1. The van der Waals surface area contributed by atoms with Crippen LogP contribution in [0.2, 0.25) is 0 Å². The maximum atomic E-state index is 11.1. The van der Waals surface area contributed by atoms with Crippen LogP contribution in [-0.4, -0.2) is 22.2 Å². The first-order valence-electron chi connectivity index (χ1n) is 5.45. The molecule has 6 heteroatoms. The molecule has 0 spiro atoms. The molecule has 0 aliphatic rings. The van der Waals surface area contributed by atoms with Crippen molar-refractivity contribution in [3.05, 3.63) is 46.2 Å². The largest absolute Gasteiger partial charge is 0.366 e. The summed E-state index contributed by atoms with van der Waals surface area (Å²) in [6, 6.07) is 5.87. The number of carbonyl (C=O) groups excluding carboxylic acids is 1. The van der Waals surface area contributed by atoms with Gasteiger partial charge in [0.25, 0.3) is 5.91 Å². The van der Waals surface area contributed by atoms with Gasteiger partial charge in [-0.3, -0.25) is 4.79 Å². The van der Waals surface area contributed by atoms with E-state index in [4.69, 9.17) is 11.5 Å². The van der Waals surface area contributed by atoms with Gasteiger partial charge in [-0.25, -0.2) is 4.68 Å². The Kier molecular flexibility index (Phi) is 3.78. The maximum Gasteiger partial charge on any atom is 0.251 e. The van der Waals surface area contributed by atoms with Crippen molar-refractivity contribution in [1.82, 2.24) is 9.78 Å². The summed E-state index contributed by atoms with van der Waals surface area (Å²) < 4.78 is 2.57. The van der Waals surface area contributed by atoms with E-state index >= 15 is 0 Å². The average Bonchev–Trinajstić information content (AvgIpc) is 2.81. The number of nitrogens with zero attached hydrogens (tertiary/aromatic N) is 2. The van der Waals surface area contributed by atoms with Crippen molar-refractivity contribution in [2.24, 2.45) is 11.5 Å². The van der Waals surface area contributed by atoms with Gasteiger partial charge < -0.3 is 11.5 Å². The van der Waals surface area contributed by atoms with Gasteiger partial charge in [-0.05, 0) is 30.7 Å². The summed E-state index contributed by atoms with van der Waals surface area (Å²) in [7, 11) is 0. The Bertz CT molecular complexity index is 579. The van der Waals surface area contributed by atoms with Gasteiger partial charge in [-0.15, -0.1) is 0 Å². The summed E-state index contributed by atoms with van der Waals surface area (Å²) in [6.45, 7) is 0.554. The molecule has 5 nitrogen and oxygen atoms in total. The van der Waals surface area contributed by atoms with E-state index in [2.05, 4.69) is 21.0 Å². The fourth-order valence-corrected chi connectivity index (χ4v) is 2.05. The summed E-state index contributed by atoms with van der Waals surface area (Å²) in [5, 5.41) is 4.15. The molecule has 0 aliphatic carbocycles. The zero-order valence-electron chi connectivity index (χ0n) is 9.64. The summed E-state index contributed by atoms with van der Waals surface area (Å²) in [4.78, 5) is 11.1. The minimum absolute atomic E-state index is 0.383. The molecule has 4 N–H and O–H groups in total. The van der Waals surface area contributed by atoms with Gasteiger partial charge in [0.15, 0.2) is 0 Å². The molecular weight excluding hydrogens is 296 g/mol. The number of hydrogen-bond donors (Lipinski definition) is 2. The third-order valence-electron chi connectivity index (χ3n) is 2.57. The highest BCUT2D eigenvalue weighted by Crippen LogP contribution is 2.20. The Balaban J connectivity index is 2.47. The predicted octanol–water partition coefficient (Wildman–Crippen LogP) is 1.23. The van der Waals surface area contributed by atoms with E-state index in [-0.39, 0.29) is 0 Å². The molecule has 1 aromatic carbocycles. The minimum atomic E-state index is -0.489. The third-order valence-corrected chi connectivity index (χ3v) is 3.07. The molecule has 0 saturated heterocycles. The standard InChI is InChI=1S/C12H13BrN4O/c13-10-2-1-8(3-4-14)11(5-10)17-7-9(6-16-17)12(15)18/h1-2,5-7H,3-4,14H2,(H2,15,18). The van der Waals surface area contributed by atoms with Crippen LogP contribution in [0.25, 0.3) is 5.69 Å². The number of carbonyl (C=O) groups is 1. The van der Waals surface area contributed by atoms with Crippen molar-refractivity contribution in [2.75, 3.05) is 6.54 Å². The van der Waals surface area contributed by atoms with E-state index in [0.29, 0.717) is 12.1 Å². The van der Waals surface area contributed by atoms with E-state index in [9.17, 15) is 4.79 Å². The van der Waals surface area contributed by atoms with Gasteiger partial charge in [0, 0.05) is 10.7 Å². The lowest BCUT2D eigenvalue weighted by atomic mass is 10.1. The highest BCUT2D eigenvalue weighted by Gasteiger charge is 2.09. The molecule has 0 aliphatic heterocycles. The van der Waals surface area contributed by atoms with Gasteiger partial charge in [0.2, 0.25) is 0 Å². The van der Waals surface area contributed by atoms with Crippen molar-refractivity contribution in [2.45, 2.75) is 6.42 Å². The van der Waals surface area contributed by atoms with Gasteiger partial charge in [-0.1, -0.05) is 22.0 Å². The number of hydrogen-bond acceptors (Lipinski definition) is 3. The van der Waals surface area contributed by atoms with Gasteiger partial charge in [-0.2, -0.15) is 5.10 Å². The molecule has 1 aromatic heterocycles. The molecule has 0 bridgehead atoms. The summed E-state index contributed by atoms with van der Waals surface area (Å²) in [6.07, 6.45) is 3.81. The molecule has 0 atom stereocenters. The number of halogens is 1. The van der Waals surface area contributed by atoms with Crippen LogP contribution in [-0.2, 0) is 6.42 Å². The number of amides is 1. The van der Waals surface area contributed by atoms with Crippen molar-refractivity contribution < 1.29 is 4.79 Å². The van der Waals surface area contributed by atoms with Gasteiger partial charge >= 0.3 is 0 Å². The second-order valence-corrected chi connectivity index (χ2v) is 4.77. The first kappa shape index (κ1) is 12.8. The van der Waals surface area contributed by atoms with E-state index in [1.165, 1.54) is 6.20 Å². The van der Waals surface area contributed by atoms with E-state index in [0.717, 1.165) is 22.1 Å². The molecule has 1 amide bonds. The first-order chi connectivity index (χ1) is 8.61. The highest BCUT2D eigenvalue weighted by atomic mass is 79.9. The number of nitrogens with two attached hydrogens (primary N) is 2. The maximum absolute atomic E-state index is 11.1. The van der Waals surface area contributed by atoms with Crippen LogP contribution in [0.1, 0.15) is 15.9 Å². The van der Waals surface area contributed by atoms with Crippen molar-refractivity contribution in [3.8, 4) is 5.69 Å². The number of aromatic nitrogens is 2. The summed E-state index contributed by atoms with van der Waals surface area (Å²) in [5.74, 6) is -0.489. The molecule has 18 heavy (non-hydrogen) atoms. The average molecular weight is 309 g/mol. The molecule has 94 valence electrons. The Morgan fingerprint density at radius 2 is 2.22 bits per heavy atom. The first-order valence-corrected chi connectivity index (χ1v) is 6.24. The fraction of sp³-hybridized carbons (Fsp3) is 0.167. The fourth-order valence-electron chi connectivity index (χ4n) is 1.70. The molecule has 2 rings (SSSR count). The van der Waals surface area contributed by atoms with E-state index < -0.39 is 5.91 Å². The molecule has 0 unspecified atom stereocenters. The number of rotatable bonds is 4. The van der Waals surface area contributed by atoms with Crippen molar-refractivity contribution in [1.29, 1.82) is 0 Å². The molecular formula is C12H13BrN4O. The van der Waals surface area contributed by atoms with Crippen LogP contribution in [0.5, 0.6) is 0 Å². The monoisotopic (exact) mass is 308 g/mol. The quantitative estimate of drug-likeness (QED) is 0.890. The molecule has 0 fully saturated rings. The Hall–Kier alpha value is -1.66. The normalized spacial score (nSPS) is 10.6. The Morgan fingerprint density at radius 1 is 1.44 bits per heavy atom. The Labute approximate surface area is 113 Å². The van der Waals surface area contributed by atoms with Crippen molar-refractivity contribution >= 4 is 21.8 Å². The second-order valence-electron chi connectivity index (χ2n) is 3.85. The lowest BCUT2D eigenvalue weighted by Gasteiger charge is -2.09. The molecule has 0 radical (unpaired) electrons. The SMILES string of the molecule is NCCc1ccc(Br)cc1-n1cc(C(N)=O)cn1. The van der Waals surface area contributed by atoms with Crippen LogP contribution < -0.4 is 11.5 Å². The highest BCUT2D eigenvalue weighted by molar-refractivity contribution is 9.10. The van der Waals surface area contributed by atoms with E-state index in [1.807, 2.05) is 18.2 Å². The predicted molar refractivity (Wildman–Crippen MR) is 72.5 cm³/mol. The molecule has 0 saturated carbocycles. The van der Waals surface area contributed by atoms with Crippen molar-refractivity contribution in [3.63, 3.8) is 0 Å².